The summed E-state index contributed by atoms with van der Waals surface area (Å²) in [5.74, 6) is -1.09. The molecule has 1 aliphatic heterocycles. The first-order chi connectivity index (χ1) is 17.0. The van der Waals surface area contributed by atoms with Crippen molar-refractivity contribution < 1.29 is 19.1 Å². The maximum atomic E-state index is 13.2. The van der Waals surface area contributed by atoms with E-state index in [1.165, 1.54) is 11.8 Å². The van der Waals surface area contributed by atoms with Gasteiger partial charge in [0.1, 0.15) is 5.25 Å². The van der Waals surface area contributed by atoms with Crippen molar-refractivity contribution in [2.45, 2.75) is 23.8 Å². The number of imide groups is 1. The highest BCUT2D eigenvalue weighted by atomic mass is 32.2. The van der Waals surface area contributed by atoms with Crippen LogP contribution in [0.5, 0.6) is 0 Å². The monoisotopic (exact) mass is 483 g/mol. The van der Waals surface area contributed by atoms with Crippen molar-refractivity contribution in [3.63, 3.8) is 0 Å². The van der Waals surface area contributed by atoms with E-state index in [4.69, 9.17) is 9.72 Å². The van der Waals surface area contributed by atoms with Crippen molar-refractivity contribution in [2.75, 3.05) is 11.5 Å². The molecule has 3 aromatic carbocycles. The summed E-state index contributed by atoms with van der Waals surface area (Å²) in [5, 5.41) is 0.713. The summed E-state index contributed by atoms with van der Waals surface area (Å²) in [4.78, 5) is 48.4. The molecule has 1 aromatic heterocycles. The van der Waals surface area contributed by atoms with E-state index in [0.717, 1.165) is 27.1 Å². The van der Waals surface area contributed by atoms with Gasteiger partial charge in [-0.15, -0.1) is 0 Å². The molecule has 0 unspecified atom stereocenters. The number of para-hydroxylation sites is 1. The van der Waals surface area contributed by atoms with Crippen molar-refractivity contribution in [3.8, 4) is 11.3 Å². The molecule has 5 rings (SSSR count). The van der Waals surface area contributed by atoms with Crippen molar-refractivity contribution in [1.29, 1.82) is 0 Å². The minimum absolute atomic E-state index is 0.0417. The Hall–Kier alpha value is -4.04. The van der Waals surface area contributed by atoms with Crippen molar-refractivity contribution in [2.24, 2.45) is 0 Å². The van der Waals surface area contributed by atoms with Crippen LogP contribution in [0.4, 0.5) is 5.69 Å². The van der Waals surface area contributed by atoms with Crippen molar-refractivity contribution in [3.05, 3.63) is 84.4 Å². The van der Waals surface area contributed by atoms with Gasteiger partial charge in [-0.1, -0.05) is 60.3 Å². The molecule has 8 heteroatoms. The number of hydrogen-bond acceptors (Lipinski definition) is 7. The summed E-state index contributed by atoms with van der Waals surface area (Å²) in [6.07, 6.45) is 0.0417. The number of amides is 2. The number of thioether (sulfide) groups is 1. The number of rotatable bonds is 6. The third-order valence-electron chi connectivity index (χ3n) is 5.62. The lowest BCUT2D eigenvalue weighted by atomic mass is 10.1. The van der Waals surface area contributed by atoms with Gasteiger partial charge in [-0.2, -0.15) is 0 Å². The zero-order valence-electron chi connectivity index (χ0n) is 18.9. The Kier molecular flexibility index (Phi) is 6.29. The third kappa shape index (κ3) is 4.52. The lowest BCUT2D eigenvalue weighted by Crippen LogP contribution is -2.31. The van der Waals surface area contributed by atoms with E-state index < -0.39 is 11.2 Å². The molecule has 2 heterocycles. The van der Waals surface area contributed by atoms with Crippen LogP contribution in [-0.2, 0) is 14.3 Å². The fraction of sp³-hybridized carbons (Fsp3) is 0.148. The highest BCUT2D eigenvalue weighted by Gasteiger charge is 2.40. The minimum Gasteiger partial charge on any atom is -0.462 e. The van der Waals surface area contributed by atoms with E-state index in [1.807, 2.05) is 54.6 Å². The SMILES string of the molecule is CCOC(=O)c1ccc(N2C(=O)C[C@@H](Sc3nc(-c4ccccc4)c4ccccc4n3)C2=O)cc1. The summed E-state index contributed by atoms with van der Waals surface area (Å²) in [7, 11) is 0. The number of esters is 1. The molecule has 1 saturated heterocycles. The number of carbonyl (C=O) groups excluding carboxylic acids is 3. The van der Waals surface area contributed by atoms with Crippen LogP contribution in [0, 0.1) is 0 Å². The van der Waals surface area contributed by atoms with Crippen LogP contribution < -0.4 is 4.90 Å². The normalized spacial score (nSPS) is 15.6. The van der Waals surface area contributed by atoms with Crippen LogP contribution in [0.15, 0.2) is 84.0 Å². The molecule has 0 aliphatic carbocycles. The van der Waals surface area contributed by atoms with Gasteiger partial charge in [-0.25, -0.2) is 19.7 Å². The van der Waals surface area contributed by atoms with Gasteiger partial charge < -0.3 is 4.74 Å². The van der Waals surface area contributed by atoms with Crippen LogP contribution in [-0.4, -0.2) is 39.6 Å². The van der Waals surface area contributed by atoms with E-state index in [2.05, 4.69) is 4.98 Å². The molecule has 1 atom stereocenters. The molecule has 0 bridgehead atoms. The maximum absolute atomic E-state index is 13.2. The highest BCUT2D eigenvalue weighted by Crippen LogP contribution is 2.35. The van der Waals surface area contributed by atoms with Crippen LogP contribution in [0.25, 0.3) is 22.2 Å². The quantitative estimate of drug-likeness (QED) is 0.219. The van der Waals surface area contributed by atoms with E-state index >= 15 is 0 Å². The Balaban J connectivity index is 1.41. The number of nitrogens with zero attached hydrogens (tertiary/aromatic N) is 3. The molecule has 174 valence electrons. The van der Waals surface area contributed by atoms with Gasteiger partial charge in [0.2, 0.25) is 11.8 Å². The molecule has 0 spiro atoms. The van der Waals surface area contributed by atoms with E-state index in [-0.39, 0.29) is 24.8 Å². The van der Waals surface area contributed by atoms with E-state index in [1.54, 1.807) is 31.2 Å². The Morgan fingerprint density at radius 2 is 1.69 bits per heavy atom. The molecular weight excluding hydrogens is 462 g/mol. The molecule has 35 heavy (non-hydrogen) atoms. The summed E-state index contributed by atoms with van der Waals surface area (Å²) in [6.45, 7) is 2.00. The zero-order valence-corrected chi connectivity index (χ0v) is 19.7. The molecule has 1 aliphatic rings. The third-order valence-corrected chi connectivity index (χ3v) is 6.67. The number of aromatic nitrogens is 2. The molecule has 2 amide bonds. The number of carbonyl (C=O) groups is 3. The average molecular weight is 484 g/mol. The first-order valence-electron chi connectivity index (χ1n) is 11.2. The van der Waals surface area contributed by atoms with Crippen LogP contribution in [0.2, 0.25) is 0 Å². The Bertz CT molecular complexity index is 1420. The standard InChI is InChI=1S/C27H21N3O4S/c1-2-34-26(33)18-12-14-19(15-13-18)30-23(31)16-22(25(30)32)35-27-28-21-11-7-6-10-20(21)24(29-27)17-8-4-3-5-9-17/h3-15,22H,2,16H2,1H3/t22-/m1/s1. The van der Waals surface area contributed by atoms with Gasteiger partial charge in [0.05, 0.1) is 29.1 Å². The number of fused-ring (bicyclic) bond motifs is 1. The fourth-order valence-corrected chi connectivity index (χ4v) is 4.96. The molecular formula is C27H21N3O4S. The topological polar surface area (TPSA) is 89.5 Å². The second kappa shape index (κ2) is 9.68. The molecule has 0 saturated carbocycles. The second-order valence-corrected chi connectivity index (χ2v) is 9.05. The van der Waals surface area contributed by atoms with Crippen molar-refractivity contribution >= 4 is 46.1 Å². The Morgan fingerprint density at radius 3 is 2.43 bits per heavy atom. The first kappa shape index (κ1) is 22.7. The van der Waals surface area contributed by atoms with Gasteiger partial charge in [0, 0.05) is 17.4 Å². The summed E-state index contributed by atoms with van der Waals surface area (Å²) in [5.41, 5.74) is 3.28. The maximum Gasteiger partial charge on any atom is 0.338 e. The fourth-order valence-electron chi connectivity index (χ4n) is 3.98. The number of hydrogen-bond donors (Lipinski definition) is 0. The average Bonchev–Trinajstić information content (AvgIpc) is 3.16. The summed E-state index contributed by atoms with van der Waals surface area (Å²) < 4.78 is 4.99. The molecule has 1 fully saturated rings. The molecule has 0 radical (unpaired) electrons. The van der Waals surface area contributed by atoms with Gasteiger partial charge in [-0.3, -0.25) is 9.59 Å². The lowest BCUT2D eigenvalue weighted by Gasteiger charge is -2.15. The molecule has 0 N–H and O–H groups in total. The summed E-state index contributed by atoms with van der Waals surface area (Å²) >= 11 is 1.19. The summed E-state index contributed by atoms with van der Waals surface area (Å²) in [6, 6.07) is 23.8. The second-order valence-electron chi connectivity index (χ2n) is 7.88. The van der Waals surface area contributed by atoms with Gasteiger partial charge in [-0.05, 0) is 37.3 Å². The lowest BCUT2D eigenvalue weighted by molar-refractivity contribution is -0.121. The van der Waals surface area contributed by atoms with Gasteiger partial charge in [0.15, 0.2) is 5.16 Å². The molecule has 4 aromatic rings. The Labute approximate surface area is 206 Å². The van der Waals surface area contributed by atoms with Crippen molar-refractivity contribution in [1.82, 2.24) is 9.97 Å². The smallest absolute Gasteiger partial charge is 0.338 e. The largest absolute Gasteiger partial charge is 0.462 e. The predicted octanol–water partition coefficient (Wildman–Crippen LogP) is 4.90. The Morgan fingerprint density at radius 1 is 0.971 bits per heavy atom. The first-order valence-corrected chi connectivity index (χ1v) is 12.1. The van der Waals surface area contributed by atoms with Gasteiger partial charge in [0.25, 0.3) is 0 Å². The van der Waals surface area contributed by atoms with E-state index in [9.17, 15) is 14.4 Å². The number of ether oxygens (including phenoxy) is 1. The van der Waals surface area contributed by atoms with Gasteiger partial charge >= 0.3 is 5.97 Å². The minimum atomic E-state index is -0.642. The van der Waals surface area contributed by atoms with Crippen LogP contribution in [0.1, 0.15) is 23.7 Å². The number of benzene rings is 3. The highest BCUT2D eigenvalue weighted by molar-refractivity contribution is 8.00. The predicted molar refractivity (Wildman–Crippen MR) is 134 cm³/mol. The molecule has 7 nitrogen and oxygen atoms in total. The number of anilines is 1. The van der Waals surface area contributed by atoms with Crippen LogP contribution >= 0.6 is 11.8 Å². The van der Waals surface area contributed by atoms with Crippen LogP contribution in [0.3, 0.4) is 0 Å². The van der Waals surface area contributed by atoms with E-state index in [0.29, 0.717) is 16.4 Å². The zero-order chi connectivity index (χ0) is 24.4.